The highest BCUT2D eigenvalue weighted by Crippen LogP contribution is 2.25. The van der Waals surface area contributed by atoms with Crippen molar-refractivity contribution in [2.75, 3.05) is 16.8 Å². The number of rotatable bonds is 5. The summed E-state index contributed by atoms with van der Waals surface area (Å²) in [6, 6.07) is 8.63. The molecule has 18 heavy (non-hydrogen) atoms. The zero-order valence-electron chi connectivity index (χ0n) is 10.8. The summed E-state index contributed by atoms with van der Waals surface area (Å²) in [7, 11) is 0. The number of hydrogen-bond donors (Lipinski definition) is 0. The van der Waals surface area contributed by atoms with Crippen LogP contribution in [0.3, 0.4) is 0 Å². The summed E-state index contributed by atoms with van der Waals surface area (Å²) < 4.78 is 0. The lowest BCUT2D eigenvalue weighted by Crippen LogP contribution is -2.32. The van der Waals surface area contributed by atoms with Gasteiger partial charge in [-0.15, -0.1) is 0 Å². The molecule has 4 heteroatoms. The van der Waals surface area contributed by atoms with E-state index in [1.54, 1.807) is 0 Å². The van der Waals surface area contributed by atoms with Crippen LogP contribution in [0.2, 0.25) is 0 Å². The van der Waals surface area contributed by atoms with Crippen molar-refractivity contribution in [3.05, 3.63) is 30.5 Å². The predicted molar refractivity (Wildman–Crippen MR) is 80.4 cm³/mol. The fourth-order valence-corrected chi connectivity index (χ4v) is 2.36. The number of anilines is 1. The summed E-state index contributed by atoms with van der Waals surface area (Å²) in [4.78, 5) is 2.39. The molecule has 0 bridgehead atoms. The SMILES string of the molecule is CC(C)N(CCCBr)c1cnnc2ccccc12. The van der Waals surface area contributed by atoms with Crippen molar-refractivity contribution in [2.45, 2.75) is 26.3 Å². The first-order chi connectivity index (χ1) is 8.74. The number of hydrogen-bond acceptors (Lipinski definition) is 3. The monoisotopic (exact) mass is 307 g/mol. The molecule has 0 aliphatic heterocycles. The van der Waals surface area contributed by atoms with Gasteiger partial charge in [0.1, 0.15) is 0 Å². The maximum atomic E-state index is 4.18. The number of nitrogens with zero attached hydrogens (tertiary/aromatic N) is 3. The minimum absolute atomic E-state index is 0.455. The average Bonchev–Trinajstić information content (AvgIpc) is 2.39. The van der Waals surface area contributed by atoms with E-state index in [4.69, 9.17) is 0 Å². The van der Waals surface area contributed by atoms with E-state index in [1.165, 1.54) is 11.1 Å². The molecule has 0 saturated carbocycles. The highest BCUT2D eigenvalue weighted by molar-refractivity contribution is 9.09. The highest BCUT2D eigenvalue weighted by atomic mass is 79.9. The second-order valence-electron chi connectivity index (χ2n) is 4.58. The Balaban J connectivity index is 2.43. The molecule has 1 aromatic heterocycles. The first-order valence-electron chi connectivity index (χ1n) is 6.27. The van der Waals surface area contributed by atoms with Gasteiger partial charge in [0.05, 0.1) is 17.4 Å². The van der Waals surface area contributed by atoms with Gasteiger partial charge >= 0.3 is 0 Å². The minimum atomic E-state index is 0.455. The third-order valence-electron chi connectivity index (χ3n) is 2.99. The molecule has 2 aromatic rings. The van der Waals surface area contributed by atoms with E-state index in [0.717, 1.165) is 23.8 Å². The largest absolute Gasteiger partial charge is 0.367 e. The van der Waals surface area contributed by atoms with Gasteiger partial charge in [0, 0.05) is 23.3 Å². The van der Waals surface area contributed by atoms with E-state index in [9.17, 15) is 0 Å². The first-order valence-corrected chi connectivity index (χ1v) is 7.39. The molecular weight excluding hydrogens is 290 g/mol. The molecule has 1 aromatic carbocycles. The van der Waals surface area contributed by atoms with Crippen molar-refractivity contribution < 1.29 is 0 Å². The van der Waals surface area contributed by atoms with Gasteiger partial charge in [-0.25, -0.2) is 0 Å². The summed E-state index contributed by atoms with van der Waals surface area (Å²) in [5.74, 6) is 0. The van der Waals surface area contributed by atoms with Crippen LogP contribution in [0, 0.1) is 0 Å². The van der Waals surface area contributed by atoms with Gasteiger partial charge in [0.25, 0.3) is 0 Å². The molecule has 0 radical (unpaired) electrons. The Kier molecular flexibility index (Phi) is 4.53. The summed E-state index contributed by atoms with van der Waals surface area (Å²) in [5, 5.41) is 10.5. The number of alkyl halides is 1. The number of aromatic nitrogens is 2. The van der Waals surface area contributed by atoms with Gasteiger partial charge in [0.15, 0.2) is 0 Å². The molecule has 0 N–H and O–H groups in total. The number of benzene rings is 1. The van der Waals surface area contributed by atoms with E-state index < -0.39 is 0 Å². The molecule has 0 amide bonds. The van der Waals surface area contributed by atoms with Crippen LogP contribution in [0.5, 0.6) is 0 Å². The molecule has 0 aliphatic rings. The Bertz CT molecular complexity index is 508. The first kappa shape index (κ1) is 13.3. The van der Waals surface area contributed by atoms with Crippen LogP contribution in [-0.4, -0.2) is 28.1 Å². The minimum Gasteiger partial charge on any atom is -0.367 e. The zero-order chi connectivity index (χ0) is 13.0. The molecule has 0 atom stereocenters. The normalized spacial score (nSPS) is 11.1. The topological polar surface area (TPSA) is 29.0 Å². The van der Waals surface area contributed by atoms with Gasteiger partial charge in [-0.05, 0) is 26.3 Å². The maximum Gasteiger partial charge on any atom is 0.0950 e. The molecule has 96 valence electrons. The summed E-state index contributed by atoms with van der Waals surface area (Å²) in [5.41, 5.74) is 2.14. The molecule has 0 saturated heterocycles. The molecule has 0 fully saturated rings. The average molecular weight is 308 g/mol. The Morgan fingerprint density at radius 2 is 2.06 bits per heavy atom. The quantitative estimate of drug-likeness (QED) is 0.790. The Morgan fingerprint density at radius 1 is 1.28 bits per heavy atom. The van der Waals surface area contributed by atoms with Gasteiger partial charge in [-0.1, -0.05) is 34.1 Å². The van der Waals surface area contributed by atoms with Crippen LogP contribution in [0.15, 0.2) is 30.5 Å². The molecule has 0 aliphatic carbocycles. The van der Waals surface area contributed by atoms with Crippen LogP contribution in [-0.2, 0) is 0 Å². The Hall–Kier alpha value is -1.16. The zero-order valence-corrected chi connectivity index (χ0v) is 12.4. The number of fused-ring (bicyclic) bond motifs is 1. The van der Waals surface area contributed by atoms with Crippen molar-refractivity contribution >= 4 is 32.5 Å². The Morgan fingerprint density at radius 3 is 2.78 bits per heavy atom. The third kappa shape index (κ3) is 2.80. The number of halogens is 1. The molecule has 1 heterocycles. The summed E-state index contributed by atoms with van der Waals surface area (Å²) in [6.07, 6.45) is 2.99. The van der Waals surface area contributed by atoms with Gasteiger partial charge < -0.3 is 4.90 Å². The van der Waals surface area contributed by atoms with Crippen LogP contribution in [0.4, 0.5) is 5.69 Å². The Labute approximate surface area is 116 Å². The molecular formula is C14H18BrN3. The van der Waals surface area contributed by atoms with Crippen molar-refractivity contribution in [2.24, 2.45) is 0 Å². The van der Waals surface area contributed by atoms with Crippen molar-refractivity contribution in [3.8, 4) is 0 Å². The highest BCUT2D eigenvalue weighted by Gasteiger charge is 2.13. The van der Waals surface area contributed by atoms with E-state index in [1.807, 2.05) is 18.3 Å². The van der Waals surface area contributed by atoms with E-state index in [0.29, 0.717) is 6.04 Å². The van der Waals surface area contributed by atoms with Gasteiger partial charge in [-0.2, -0.15) is 10.2 Å². The predicted octanol–water partition coefficient (Wildman–Crippen LogP) is 3.63. The molecule has 0 unspecified atom stereocenters. The fraction of sp³-hybridized carbons (Fsp3) is 0.429. The molecule has 2 rings (SSSR count). The molecule has 3 nitrogen and oxygen atoms in total. The molecule has 0 spiro atoms. The van der Waals surface area contributed by atoms with Crippen LogP contribution >= 0.6 is 15.9 Å². The van der Waals surface area contributed by atoms with E-state index >= 15 is 0 Å². The standard InChI is InChI=1S/C14H18BrN3/c1-11(2)18(9-5-8-15)14-10-16-17-13-7-4-3-6-12(13)14/h3-4,6-7,10-11H,5,8-9H2,1-2H3. The lowest BCUT2D eigenvalue weighted by molar-refractivity contribution is 0.674. The van der Waals surface area contributed by atoms with Gasteiger partial charge in [0.2, 0.25) is 0 Å². The summed E-state index contributed by atoms with van der Waals surface area (Å²) >= 11 is 3.49. The van der Waals surface area contributed by atoms with Crippen LogP contribution in [0.25, 0.3) is 10.9 Å². The van der Waals surface area contributed by atoms with Crippen LogP contribution in [0.1, 0.15) is 20.3 Å². The third-order valence-corrected chi connectivity index (χ3v) is 3.55. The van der Waals surface area contributed by atoms with E-state index in [-0.39, 0.29) is 0 Å². The smallest absolute Gasteiger partial charge is 0.0950 e. The maximum absolute atomic E-state index is 4.18. The van der Waals surface area contributed by atoms with Crippen LogP contribution < -0.4 is 4.90 Å². The van der Waals surface area contributed by atoms with Crippen molar-refractivity contribution in [3.63, 3.8) is 0 Å². The lowest BCUT2D eigenvalue weighted by Gasteiger charge is -2.29. The van der Waals surface area contributed by atoms with Gasteiger partial charge in [-0.3, -0.25) is 0 Å². The second-order valence-corrected chi connectivity index (χ2v) is 5.37. The summed E-state index contributed by atoms with van der Waals surface area (Å²) in [6.45, 7) is 5.45. The second kappa shape index (κ2) is 6.14. The van der Waals surface area contributed by atoms with E-state index in [2.05, 4.69) is 57.0 Å². The lowest BCUT2D eigenvalue weighted by atomic mass is 10.1. The van der Waals surface area contributed by atoms with Crippen molar-refractivity contribution in [1.82, 2.24) is 10.2 Å². The van der Waals surface area contributed by atoms with Crippen molar-refractivity contribution in [1.29, 1.82) is 0 Å². The fourth-order valence-electron chi connectivity index (χ4n) is 2.11.